The van der Waals surface area contributed by atoms with E-state index in [2.05, 4.69) is 10.3 Å². The highest BCUT2D eigenvalue weighted by atomic mass is 19.1. The van der Waals surface area contributed by atoms with Crippen molar-refractivity contribution in [1.82, 2.24) is 4.98 Å². The summed E-state index contributed by atoms with van der Waals surface area (Å²) in [6.07, 6.45) is 0. The monoisotopic (exact) mass is 249 g/mol. The number of nitrogens with one attached hydrogen (secondary N) is 1. The van der Waals surface area contributed by atoms with Crippen molar-refractivity contribution >= 4 is 17.3 Å². The highest BCUT2D eigenvalue weighted by Crippen LogP contribution is 2.23. The van der Waals surface area contributed by atoms with E-state index in [1.165, 1.54) is 18.2 Å². The lowest BCUT2D eigenvalue weighted by molar-refractivity contribution is 0.0994. The van der Waals surface area contributed by atoms with Crippen LogP contribution in [0.1, 0.15) is 22.1 Å². The van der Waals surface area contributed by atoms with Gasteiger partial charge in [-0.25, -0.2) is 9.37 Å². The van der Waals surface area contributed by atoms with E-state index in [0.29, 0.717) is 11.6 Å². The Labute approximate surface area is 103 Å². The third kappa shape index (κ3) is 2.17. The van der Waals surface area contributed by atoms with Gasteiger partial charge in [0.2, 0.25) is 5.76 Å². The molecule has 0 aliphatic heterocycles. The van der Waals surface area contributed by atoms with E-state index < -0.39 is 11.7 Å². The van der Waals surface area contributed by atoms with Gasteiger partial charge in [-0.1, -0.05) is 6.07 Å². The number of carbonyl (C=O) groups excluding carboxylic acids is 1. The summed E-state index contributed by atoms with van der Waals surface area (Å²) in [6, 6.07) is 4.17. The number of hydrogen-bond acceptors (Lipinski definition) is 4. The number of para-hydroxylation sites is 1. The second kappa shape index (κ2) is 4.48. The average Bonchev–Trinajstić information content (AvgIpc) is 2.63. The number of aryl methyl sites for hydroxylation is 2. The topological polar surface area (TPSA) is 81.2 Å². The Morgan fingerprint density at radius 1 is 1.44 bits per heavy atom. The van der Waals surface area contributed by atoms with E-state index in [-0.39, 0.29) is 17.1 Å². The van der Waals surface area contributed by atoms with Gasteiger partial charge in [0.15, 0.2) is 5.89 Å². The molecule has 1 aromatic carbocycles. The Balaban J connectivity index is 2.30. The van der Waals surface area contributed by atoms with Gasteiger partial charge in [-0.2, -0.15) is 0 Å². The van der Waals surface area contributed by atoms with Gasteiger partial charge in [0.25, 0.3) is 5.91 Å². The molecule has 1 heterocycles. The first-order chi connectivity index (χ1) is 8.49. The van der Waals surface area contributed by atoms with Crippen LogP contribution in [0.2, 0.25) is 0 Å². The van der Waals surface area contributed by atoms with Crippen LogP contribution < -0.4 is 11.1 Å². The molecule has 0 saturated heterocycles. The van der Waals surface area contributed by atoms with Gasteiger partial charge < -0.3 is 15.5 Å². The molecule has 0 fully saturated rings. The van der Waals surface area contributed by atoms with Gasteiger partial charge in [-0.15, -0.1) is 0 Å². The van der Waals surface area contributed by atoms with E-state index in [9.17, 15) is 9.18 Å². The van der Waals surface area contributed by atoms with Crippen molar-refractivity contribution < 1.29 is 13.6 Å². The summed E-state index contributed by atoms with van der Waals surface area (Å²) in [5, 5.41) is 2.38. The minimum Gasteiger partial charge on any atom is -0.436 e. The molecular formula is C12H12FN3O2. The zero-order valence-electron chi connectivity index (χ0n) is 9.95. The molecule has 0 saturated carbocycles. The first kappa shape index (κ1) is 12.1. The molecule has 0 atom stereocenters. The second-order valence-corrected chi connectivity index (χ2v) is 3.81. The van der Waals surface area contributed by atoms with Gasteiger partial charge in [-0.3, -0.25) is 4.79 Å². The molecule has 94 valence electrons. The first-order valence-corrected chi connectivity index (χ1v) is 5.28. The molecule has 6 heteroatoms. The average molecular weight is 249 g/mol. The third-order valence-corrected chi connectivity index (χ3v) is 2.39. The summed E-state index contributed by atoms with van der Waals surface area (Å²) >= 11 is 0. The standard InChI is InChI=1S/C12H12FN3O2/c1-6-11(18-7(2)15-6)12(17)16-10-8(13)4-3-5-9(10)14/h3-5H,14H2,1-2H3,(H,16,17). The number of carbonyl (C=O) groups is 1. The minimum atomic E-state index is -0.600. The highest BCUT2D eigenvalue weighted by Gasteiger charge is 2.18. The molecule has 1 aromatic heterocycles. The van der Waals surface area contributed by atoms with Crippen LogP contribution in [-0.2, 0) is 0 Å². The lowest BCUT2D eigenvalue weighted by Crippen LogP contribution is -2.14. The number of anilines is 2. The Morgan fingerprint density at radius 3 is 2.72 bits per heavy atom. The van der Waals surface area contributed by atoms with Crippen molar-refractivity contribution in [1.29, 1.82) is 0 Å². The Kier molecular flexibility index (Phi) is 3.01. The third-order valence-electron chi connectivity index (χ3n) is 2.39. The Hall–Kier alpha value is -2.37. The number of nitrogen functional groups attached to an aromatic ring is 1. The van der Waals surface area contributed by atoms with E-state index in [0.717, 1.165) is 0 Å². The number of rotatable bonds is 2. The summed E-state index contributed by atoms with van der Waals surface area (Å²) in [7, 11) is 0. The summed E-state index contributed by atoms with van der Waals surface area (Å²) in [5.41, 5.74) is 6.13. The molecule has 0 spiro atoms. The number of aromatic nitrogens is 1. The van der Waals surface area contributed by atoms with Crippen LogP contribution in [0.3, 0.4) is 0 Å². The van der Waals surface area contributed by atoms with Gasteiger partial charge in [0.1, 0.15) is 11.5 Å². The molecule has 18 heavy (non-hydrogen) atoms. The van der Waals surface area contributed by atoms with Crippen LogP contribution in [0.25, 0.3) is 0 Å². The van der Waals surface area contributed by atoms with Crippen molar-refractivity contribution in [2.24, 2.45) is 0 Å². The molecule has 0 aliphatic carbocycles. The van der Waals surface area contributed by atoms with Crippen molar-refractivity contribution in [3.05, 3.63) is 41.4 Å². The first-order valence-electron chi connectivity index (χ1n) is 5.28. The van der Waals surface area contributed by atoms with Crippen molar-refractivity contribution in [3.63, 3.8) is 0 Å². The molecule has 2 aromatic rings. The Morgan fingerprint density at radius 2 is 2.17 bits per heavy atom. The van der Waals surface area contributed by atoms with Crippen molar-refractivity contribution in [2.75, 3.05) is 11.1 Å². The molecule has 5 nitrogen and oxygen atoms in total. The summed E-state index contributed by atoms with van der Waals surface area (Å²) in [4.78, 5) is 15.9. The normalized spacial score (nSPS) is 10.4. The zero-order chi connectivity index (χ0) is 13.3. The van der Waals surface area contributed by atoms with E-state index in [1.54, 1.807) is 13.8 Å². The fourth-order valence-electron chi connectivity index (χ4n) is 1.58. The number of oxazole rings is 1. The van der Waals surface area contributed by atoms with Crippen LogP contribution in [0.15, 0.2) is 22.6 Å². The zero-order valence-corrected chi connectivity index (χ0v) is 9.95. The number of halogens is 1. The number of amides is 1. The smallest absolute Gasteiger partial charge is 0.293 e. The van der Waals surface area contributed by atoms with Crippen molar-refractivity contribution in [3.8, 4) is 0 Å². The lowest BCUT2D eigenvalue weighted by Gasteiger charge is -2.07. The lowest BCUT2D eigenvalue weighted by atomic mass is 10.2. The number of benzene rings is 1. The van der Waals surface area contributed by atoms with Gasteiger partial charge in [0, 0.05) is 6.92 Å². The highest BCUT2D eigenvalue weighted by molar-refractivity contribution is 6.04. The second-order valence-electron chi connectivity index (χ2n) is 3.81. The van der Waals surface area contributed by atoms with Gasteiger partial charge >= 0.3 is 0 Å². The summed E-state index contributed by atoms with van der Waals surface area (Å²) < 4.78 is 18.6. The molecule has 0 bridgehead atoms. The van der Waals surface area contributed by atoms with Crippen LogP contribution in [0.4, 0.5) is 15.8 Å². The predicted octanol–water partition coefficient (Wildman–Crippen LogP) is 2.27. The van der Waals surface area contributed by atoms with Gasteiger partial charge in [0.05, 0.1) is 11.4 Å². The van der Waals surface area contributed by atoms with E-state index >= 15 is 0 Å². The molecule has 2 rings (SSSR count). The molecule has 0 unspecified atom stereocenters. The molecule has 1 amide bonds. The predicted molar refractivity (Wildman–Crippen MR) is 64.7 cm³/mol. The summed E-state index contributed by atoms with van der Waals surface area (Å²) in [6.45, 7) is 3.26. The van der Waals surface area contributed by atoms with E-state index in [1.807, 2.05) is 0 Å². The van der Waals surface area contributed by atoms with Crippen LogP contribution >= 0.6 is 0 Å². The van der Waals surface area contributed by atoms with Crippen molar-refractivity contribution in [2.45, 2.75) is 13.8 Å². The SMILES string of the molecule is Cc1nc(C)c(C(=O)Nc2c(N)cccc2F)o1. The van der Waals surface area contributed by atoms with Crippen LogP contribution in [-0.4, -0.2) is 10.9 Å². The molecule has 0 radical (unpaired) electrons. The summed E-state index contributed by atoms with van der Waals surface area (Å²) in [5.74, 6) is -0.753. The Bertz CT molecular complexity index is 587. The largest absolute Gasteiger partial charge is 0.436 e. The maximum absolute atomic E-state index is 13.5. The minimum absolute atomic E-state index is 0.0511. The van der Waals surface area contributed by atoms with Crippen LogP contribution in [0.5, 0.6) is 0 Å². The van der Waals surface area contributed by atoms with Crippen LogP contribution in [0, 0.1) is 19.7 Å². The number of hydrogen-bond donors (Lipinski definition) is 2. The molecular weight excluding hydrogens is 237 g/mol. The molecule has 3 N–H and O–H groups in total. The van der Waals surface area contributed by atoms with Gasteiger partial charge in [-0.05, 0) is 19.1 Å². The fourth-order valence-corrected chi connectivity index (χ4v) is 1.58. The quantitative estimate of drug-likeness (QED) is 0.800. The van der Waals surface area contributed by atoms with E-state index in [4.69, 9.17) is 10.2 Å². The maximum Gasteiger partial charge on any atom is 0.293 e. The fraction of sp³-hybridized carbons (Fsp3) is 0.167. The number of nitrogens with zero attached hydrogens (tertiary/aromatic N) is 1. The molecule has 0 aliphatic rings. The maximum atomic E-state index is 13.5. The number of nitrogens with two attached hydrogens (primary N) is 1.